The van der Waals surface area contributed by atoms with Crippen molar-refractivity contribution in [2.24, 2.45) is 5.41 Å². The summed E-state index contributed by atoms with van der Waals surface area (Å²) in [5, 5.41) is 2.29. The highest BCUT2D eigenvalue weighted by Gasteiger charge is 2.34. The molecule has 3 nitrogen and oxygen atoms in total. The van der Waals surface area contributed by atoms with Crippen molar-refractivity contribution in [1.29, 1.82) is 0 Å². The van der Waals surface area contributed by atoms with Crippen molar-refractivity contribution in [3.63, 3.8) is 0 Å². The van der Waals surface area contributed by atoms with Gasteiger partial charge in [0.15, 0.2) is 0 Å². The fraction of sp³-hybridized carbons (Fsp3) is 0.278. The van der Waals surface area contributed by atoms with Gasteiger partial charge in [0, 0.05) is 11.5 Å². The van der Waals surface area contributed by atoms with Crippen LogP contribution in [0.2, 0.25) is 0 Å². The van der Waals surface area contributed by atoms with Gasteiger partial charge in [0.2, 0.25) is 0 Å². The van der Waals surface area contributed by atoms with Crippen molar-refractivity contribution in [2.45, 2.75) is 6.92 Å². The summed E-state index contributed by atoms with van der Waals surface area (Å²) in [6.45, 7) is 3.78. The maximum Gasteiger partial charge on any atom is 0.330 e. The normalized spacial score (nSPS) is 16.8. The molecule has 2 aromatic carbocycles. The van der Waals surface area contributed by atoms with Gasteiger partial charge in [-0.05, 0) is 22.4 Å². The van der Waals surface area contributed by atoms with Gasteiger partial charge < -0.3 is 9.47 Å². The van der Waals surface area contributed by atoms with Gasteiger partial charge in [0.05, 0.1) is 13.2 Å². The molecule has 1 heterocycles. The van der Waals surface area contributed by atoms with Crippen LogP contribution in [-0.2, 0) is 14.3 Å². The molecule has 3 rings (SSSR count). The molecule has 0 bridgehead atoms. The highest BCUT2D eigenvalue weighted by molar-refractivity contribution is 5.94. The zero-order chi connectivity index (χ0) is 14.7. The van der Waals surface area contributed by atoms with Crippen LogP contribution < -0.4 is 0 Å². The van der Waals surface area contributed by atoms with Crippen LogP contribution in [0.5, 0.6) is 0 Å². The zero-order valence-electron chi connectivity index (χ0n) is 12.0. The lowest BCUT2D eigenvalue weighted by molar-refractivity contribution is -0.160. The lowest BCUT2D eigenvalue weighted by Gasteiger charge is -2.36. The van der Waals surface area contributed by atoms with Crippen molar-refractivity contribution in [3.05, 3.63) is 54.1 Å². The van der Waals surface area contributed by atoms with Crippen molar-refractivity contribution in [1.82, 2.24) is 0 Å². The molecule has 0 saturated carbocycles. The molecular weight excluding hydrogens is 264 g/mol. The SMILES string of the molecule is CC1(COC(=O)C=Cc2cccc3ccccc23)COC1. The molecule has 108 valence electrons. The third kappa shape index (κ3) is 3.14. The molecule has 3 heteroatoms. The van der Waals surface area contributed by atoms with E-state index in [0.717, 1.165) is 16.3 Å². The lowest BCUT2D eigenvalue weighted by Crippen LogP contribution is -2.43. The van der Waals surface area contributed by atoms with E-state index in [-0.39, 0.29) is 11.4 Å². The fourth-order valence-electron chi connectivity index (χ4n) is 2.38. The zero-order valence-corrected chi connectivity index (χ0v) is 12.0. The molecule has 0 amide bonds. The van der Waals surface area contributed by atoms with E-state index in [4.69, 9.17) is 9.47 Å². The Labute approximate surface area is 124 Å². The smallest absolute Gasteiger partial charge is 0.330 e. The number of hydrogen-bond donors (Lipinski definition) is 0. The first-order valence-corrected chi connectivity index (χ1v) is 7.07. The first kappa shape index (κ1) is 13.8. The Morgan fingerprint density at radius 2 is 2.00 bits per heavy atom. The summed E-state index contributed by atoms with van der Waals surface area (Å²) in [4.78, 5) is 11.8. The van der Waals surface area contributed by atoms with Gasteiger partial charge in [-0.25, -0.2) is 4.79 Å². The van der Waals surface area contributed by atoms with E-state index < -0.39 is 0 Å². The number of fused-ring (bicyclic) bond motifs is 1. The van der Waals surface area contributed by atoms with Gasteiger partial charge in [-0.15, -0.1) is 0 Å². The van der Waals surface area contributed by atoms with Crippen LogP contribution in [0.25, 0.3) is 16.8 Å². The molecule has 0 N–H and O–H groups in total. The number of ether oxygens (including phenoxy) is 2. The van der Waals surface area contributed by atoms with Gasteiger partial charge >= 0.3 is 5.97 Å². The van der Waals surface area contributed by atoms with Crippen LogP contribution >= 0.6 is 0 Å². The minimum Gasteiger partial charge on any atom is -0.462 e. The van der Waals surface area contributed by atoms with Crippen LogP contribution in [0.4, 0.5) is 0 Å². The van der Waals surface area contributed by atoms with E-state index >= 15 is 0 Å². The molecule has 21 heavy (non-hydrogen) atoms. The van der Waals surface area contributed by atoms with Crippen LogP contribution in [0, 0.1) is 5.41 Å². The van der Waals surface area contributed by atoms with Gasteiger partial charge in [-0.2, -0.15) is 0 Å². The quantitative estimate of drug-likeness (QED) is 0.636. The Morgan fingerprint density at radius 1 is 1.24 bits per heavy atom. The first-order valence-electron chi connectivity index (χ1n) is 7.07. The van der Waals surface area contributed by atoms with Gasteiger partial charge in [0.25, 0.3) is 0 Å². The molecule has 0 radical (unpaired) electrons. The summed E-state index contributed by atoms with van der Waals surface area (Å²) in [5.41, 5.74) is 1.01. The van der Waals surface area contributed by atoms with E-state index in [1.54, 1.807) is 0 Å². The largest absolute Gasteiger partial charge is 0.462 e. The van der Waals surface area contributed by atoms with E-state index in [1.807, 2.05) is 36.4 Å². The molecule has 1 saturated heterocycles. The summed E-state index contributed by atoms with van der Waals surface area (Å²) in [5.74, 6) is -0.309. The second kappa shape index (κ2) is 5.70. The molecule has 2 aromatic rings. The van der Waals surface area contributed by atoms with Crippen molar-refractivity contribution in [3.8, 4) is 0 Å². The predicted molar refractivity (Wildman–Crippen MR) is 82.9 cm³/mol. The maximum absolute atomic E-state index is 11.8. The third-order valence-electron chi connectivity index (χ3n) is 3.69. The Kier molecular flexibility index (Phi) is 3.76. The fourth-order valence-corrected chi connectivity index (χ4v) is 2.38. The number of hydrogen-bond acceptors (Lipinski definition) is 3. The van der Waals surface area contributed by atoms with Gasteiger partial charge in [-0.3, -0.25) is 0 Å². The molecule has 0 aromatic heterocycles. The molecule has 0 spiro atoms. The lowest BCUT2D eigenvalue weighted by atomic mass is 9.90. The van der Waals surface area contributed by atoms with Gasteiger partial charge in [-0.1, -0.05) is 49.4 Å². The Bertz CT molecular complexity index is 678. The summed E-state index contributed by atoms with van der Waals surface area (Å²) in [7, 11) is 0. The molecule has 1 aliphatic heterocycles. The maximum atomic E-state index is 11.8. The summed E-state index contributed by atoms with van der Waals surface area (Å²) >= 11 is 0. The molecule has 0 unspecified atom stereocenters. The second-order valence-electron chi connectivity index (χ2n) is 5.81. The minimum atomic E-state index is -0.309. The van der Waals surface area contributed by atoms with Crippen LogP contribution in [0.1, 0.15) is 12.5 Å². The molecule has 1 aliphatic rings. The summed E-state index contributed by atoms with van der Waals surface area (Å²) in [6.07, 6.45) is 3.30. The third-order valence-corrected chi connectivity index (χ3v) is 3.69. The summed E-state index contributed by atoms with van der Waals surface area (Å²) in [6, 6.07) is 14.1. The Balaban J connectivity index is 1.68. The topological polar surface area (TPSA) is 35.5 Å². The number of esters is 1. The standard InChI is InChI=1S/C18H18O3/c1-18(11-20-12-18)13-21-17(19)10-9-15-7-4-6-14-5-2-3-8-16(14)15/h2-10H,11-13H2,1H3. The van der Waals surface area contributed by atoms with E-state index in [2.05, 4.69) is 19.1 Å². The molecule has 0 aliphatic carbocycles. The van der Waals surface area contributed by atoms with Crippen molar-refractivity contribution < 1.29 is 14.3 Å². The average Bonchev–Trinajstić information content (AvgIpc) is 2.49. The minimum absolute atomic E-state index is 0.0110. The van der Waals surface area contributed by atoms with E-state index in [9.17, 15) is 4.79 Å². The molecular formula is C18H18O3. The van der Waals surface area contributed by atoms with Gasteiger partial charge in [0.1, 0.15) is 6.61 Å². The van der Waals surface area contributed by atoms with Crippen LogP contribution in [0.15, 0.2) is 48.5 Å². The van der Waals surface area contributed by atoms with Crippen molar-refractivity contribution in [2.75, 3.05) is 19.8 Å². The van der Waals surface area contributed by atoms with Crippen LogP contribution in [0.3, 0.4) is 0 Å². The number of carbonyl (C=O) groups is 1. The number of rotatable bonds is 4. The molecule has 1 fully saturated rings. The average molecular weight is 282 g/mol. The van der Waals surface area contributed by atoms with Crippen molar-refractivity contribution >= 4 is 22.8 Å². The predicted octanol–water partition coefficient (Wildman–Crippen LogP) is 3.43. The number of carbonyl (C=O) groups excluding carboxylic acids is 1. The highest BCUT2D eigenvalue weighted by Crippen LogP contribution is 2.26. The first-order chi connectivity index (χ1) is 10.2. The monoisotopic (exact) mass is 282 g/mol. The second-order valence-corrected chi connectivity index (χ2v) is 5.81. The summed E-state index contributed by atoms with van der Waals surface area (Å²) < 4.78 is 10.4. The van der Waals surface area contributed by atoms with E-state index in [1.165, 1.54) is 6.08 Å². The van der Waals surface area contributed by atoms with Crippen LogP contribution in [-0.4, -0.2) is 25.8 Å². The highest BCUT2D eigenvalue weighted by atomic mass is 16.5. The molecule has 0 atom stereocenters. The number of benzene rings is 2. The Morgan fingerprint density at radius 3 is 2.76 bits per heavy atom. The van der Waals surface area contributed by atoms with E-state index in [0.29, 0.717) is 19.8 Å². The Hall–Kier alpha value is -2.13.